The van der Waals surface area contributed by atoms with Crippen LogP contribution in [-0.2, 0) is 11.3 Å². The molecule has 1 unspecified atom stereocenters. The van der Waals surface area contributed by atoms with Crippen molar-refractivity contribution in [2.75, 3.05) is 0 Å². The second kappa shape index (κ2) is 7.79. The van der Waals surface area contributed by atoms with Crippen molar-refractivity contribution in [1.82, 2.24) is 24.8 Å². The van der Waals surface area contributed by atoms with Gasteiger partial charge in [-0.15, -0.1) is 0 Å². The Hall–Kier alpha value is -3.00. The van der Waals surface area contributed by atoms with Crippen molar-refractivity contribution in [3.63, 3.8) is 0 Å². The van der Waals surface area contributed by atoms with Crippen molar-refractivity contribution >= 4 is 43.8 Å². The maximum Gasteiger partial charge on any atom is 0.261 e. The van der Waals surface area contributed by atoms with Gasteiger partial charge in [-0.3, -0.25) is 14.2 Å². The monoisotopic (exact) mass is 453 g/mol. The number of halogens is 1. The van der Waals surface area contributed by atoms with Gasteiger partial charge in [0.15, 0.2) is 0 Å². The fourth-order valence-corrected chi connectivity index (χ4v) is 3.65. The third kappa shape index (κ3) is 3.93. The zero-order valence-electron chi connectivity index (χ0n) is 16.0. The van der Waals surface area contributed by atoms with E-state index in [1.807, 2.05) is 44.2 Å². The third-order valence-corrected chi connectivity index (χ3v) is 5.28. The summed E-state index contributed by atoms with van der Waals surface area (Å²) in [6.07, 6.45) is 1.41. The third-order valence-electron chi connectivity index (χ3n) is 4.79. The highest BCUT2D eigenvalue weighted by atomic mass is 79.9. The number of fused-ring (bicyclic) bond motifs is 2. The molecule has 0 aliphatic carbocycles. The van der Waals surface area contributed by atoms with E-state index in [2.05, 4.69) is 36.2 Å². The van der Waals surface area contributed by atoms with E-state index in [4.69, 9.17) is 0 Å². The molecule has 0 radical (unpaired) electrons. The number of amides is 1. The molecule has 0 spiro atoms. The quantitative estimate of drug-likeness (QED) is 0.483. The Morgan fingerprint density at radius 2 is 2.00 bits per heavy atom. The number of aromatic amines is 1. The lowest BCUT2D eigenvalue weighted by molar-refractivity contribution is -0.122. The minimum atomic E-state index is -0.298. The summed E-state index contributed by atoms with van der Waals surface area (Å²) >= 11 is 3.37. The van der Waals surface area contributed by atoms with Gasteiger partial charge in [-0.1, -0.05) is 41.9 Å². The number of nitrogens with one attached hydrogen (secondary N) is 2. The first-order valence-electron chi connectivity index (χ1n) is 9.31. The van der Waals surface area contributed by atoms with Crippen molar-refractivity contribution in [2.45, 2.75) is 26.4 Å². The van der Waals surface area contributed by atoms with Crippen LogP contribution in [0.15, 0.2) is 58.1 Å². The molecule has 0 aliphatic rings. The van der Waals surface area contributed by atoms with Gasteiger partial charge >= 0.3 is 0 Å². The second-order valence-corrected chi connectivity index (χ2v) is 8.18. The predicted molar refractivity (Wildman–Crippen MR) is 116 cm³/mol. The number of rotatable bonds is 5. The van der Waals surface area contributed by atoms with Crippen LogP contribution in [0, 0.1) is 5.92 Å². The Balaban J connectivity index is 1.58. The molecule has 4 aromatic rings. The number of carbonyl (C=O) groups is 1. The molecule has 148 valence electrons. The summed E-state index contributed by atoms with van der Waals surface area (Å²) in [5.41, 5.74) is 2.11. The first kappa shape index (κ1) is 19.3. The minimum absolute atomic E-state index is 0.113. The number of benzene rings is 2. The first-order valence-corrected chi connectivity index (χ1v) is 10.1. The van der Waals surface area contributed by atoms with E-state index in [9.17, 15) is 9.59 Å². The highest BCUT2D eigenvalue weighted by Crippen LogP contribution is 2.22. The minimum Gasteiger partial charge on any atom is -0.344 e. The molecule has 0 aliphatic heterocycles. The topological polar surface area (TPSA) is 92.7 Å². The highest BCUT2D eigenvalue weighted by molar-refractivity contribution is 9.10. The molecular weight excluding hydrogens is 434 g/mol. The molecule has 2 N–H and O–H groups in total. The van der Waals surface area contributed by atoms with Crippen molar-refractivity contribution in [3.8, 4) is 0 Å². The fourth-order valence-electron chi connectivity index (χ4n) is 3.29. The van der Waals surface area contributed by atoms with E-state index in [-0.39, 0.29) is 30.0 Å². The Labute approximate surface area is 175 Å². The predicted octanol–water partition coefficient (Wildman–Crippen LogP) is 3.55. The van der Waals surface area contributed by atoms with Crippen LogP contribution in [0.2, 0.25) is 0 Å². The summed E-state index contributed by atoms with van der Waals surface area (Å²) in [6.45, 7) is 3.91. The standard InChI is InChI=1S/C21H20BrN5O2/c1-12(2)19(20-24-16-5-3-4-6-17(16)25-20)26-18(28)10-27-11-23-15-8-7-13(22)9-14(15)21(27)29/h3-9,11-12,19H,10H2,1-2H3,(H,24,25)(H,26,28). The summed E-state index contributed by atoms with van der Waals surface area (Å²) < 4.78 is 2.11. The summed E-state index contributed by atoms with van der Waals surface area (Å²) in [5, 5.41) is 3.46. The average Bonchev–Trinajstić information content (AvgIpc) is 3.12. The first-order chi connectivity index (χ1) is 13.9. The second-order valence-electron chi connectivity index (χ2n) is 7.27. The van der Waals surface area contributed by atoms with Crippen LogP contribution < -0.4 is 10.9 Å². The van der Waals surface area contributed by atoms with Gasteiger partial charge in [-0.05, 0) is 36.2 Å². The summed E-state index contributed by atoms with van der Waals surface area (Å²) in [5.74, 6) is 0.534. The van der Waals surface area contributed by atoms with Gasteiger partial charge in [0, 0.05) is 4.47 Å². The van der Waals surface area contributed by atoms with Crippen molar-refractivity contribution in [3.05, 3.63) is 69.4 Å². The molecule has 1 atom stereocenters. The van der Waals surface area contributed by atoms with Crippen LogP contribution in [0.25, 0.3) is 21.9 Å². The molecule has 7 nitrogen and oxygen atoms in total. The Morgan fingerprint density at radius 1 is 1.21 bits per heavy atom. The van der Waals surface area contributed by atoms with E-state index in [1.54, 1.807) is 12.1 Å². The molecule has 0 bridgehead atoms. The highest BCUT2D eigenvalue weighted by Gasteiger charge is 2.22. The fraction of sp³-hybridized carbons (Fsp3) is 0.238. The van der Waals surface area contributed by atoms with Gasteiger partial charge in [-0.2, -0.15) is 0 Å². The number of carbonyl (C=O) groups excluding carboxylic acids is 1. The van der Waals surface area contributed by atoms with Crippen molar-refractivity contribution in [1.29, 1.82) is 0 Å². The smallest absolute Gasteiger partial charge is 0.261 e. The van der Waals surface area contributed by atoms with Crippen LogP contribution in [0.5, 0.6) is 0 Å². The number of imidazole rings is 1. The molecule has 2 aromatic heterocycles. The molecule has 29 heavy (non-hydrogen) atoms. The molecule has 8 heteroatoms. The van der Waals surface area contributed by atoms with Gasteiger partial charge in [0.2, 0.25) is 5.91 Å². The van der Waals surface area contributed by atoms with Crippen LogP contribution in [0.4, 0.5) is 0 Å². The molecule has 2 heterocycles. The normalized spacial score (nSPS) is 12.6. The van der Waals surface area contributed by atoms with E-state index in [1.165, 1.54) is 10.9 Å². The number of para-hydroxylation sites is 2. The largest absolute Gasteiger partial charge is 0.344 e. The van der Waals surface area contributed by atoms with E-state index in [0.717, 1.165) is 15.5 Å². The van der Waals surface area contributed by atoms with Crippen LogP contribution in [0.1, 0.15) is 25.7 Å². The maximum absolute atomic E-state index is 12.7. The zero-order chi connectivity index (χ0) is 20.5. The van der Waals surface area contributed by atoms with E-state index >= 15 is 0 Å². The van der Waals surface area contributed by atoms with E-state index < -0.39 is 0 Å². The molecule has 0 saturated carbocycles. The van der Waals surface area contributed by atoms with Gasteiger partial charge in [-0.25, -0.2) is 9.97 Å². The van der Waals surface area contributed by atoms with Gasteiger partial charge in [0.05, 0.1) is 34.3 Å². The molecular formula is C21H20BrN5O2. The van der Waals surface area contributed by atoms with Crippen molar-refractivity contribution < 1.29 is 4.79 Å². The lowest BCUT2D eigenvalue weighted by atomic mass is 10.0. The summed E-state index contributed by atoms with van der Waals surface area (Å²) in [4.78, 5) is 37.6. The van der Waals surface area contributed by atoms with Gasteiger partial charge in [0.1, 0.15) is 12.4 Å². The Kier molecular flexibility index (Phi) is 5.19. The van der Waals surface area contributed by atoms with Gasteiger partial charge < -0.3 is 10.3 Å². The summed E-state index contributed by atoms with van der Waals surface area (Å²) in [7, 11) is 0. The number of H-pyrrole nitrogens is 1. The summed E-state index contributed by atoms with van der Waals surface area (Å²) in [6, 6.07) is 12.7. The maximum atomic E-state index is 12.7. The zero-order valence-corrected chi connectivity index (χ0v) is 17.6. The Morgan fingerprint density at radius 3 is 2.76 bits per heavy atom. The number of aromatic nitrogens is 4. The van der Waals surface area contributed by atoms with Crippen LogP contribution in [0.3, 0.4) is 0 Å². The number of nitrogens with zero attached hydrogens (tertiary/aromatic N) is 3. The van der Waals surface area contributed by atoms with Gasteiger partial charge in [0.25, 0.3) is 5.56 Å². The van der Waals surface area contributed by atoms with Crippen LogP contribution in [-0.4, -0.2) is 25.4 Å². The molecule has 2 aromatic carbocycles. The van der Waals surface area contributed by atoms with Crippen molar-refractivity contribution in [2.24, 2.45) is 5.92 Å². The number of hydrogen-bond donors (Lipinski definition) is 2. The number of hydrogen-bond acceptors (Lipinski definition) is 4. The molecule has 0 fully saturated rings. The lowest BCUT2D eigenvalue weighted by Crippen LogP contribution is -2.37. The molecule has 4 rings (SSSR count). The Bertz CT molecular complexity index is 1230. The van der Waals surface area contributed by atoms with E-state index in [0.29, 0.717) is 16.7 Å². The SMILES string of the molecule is CC(C)C(NC(=O)Cn1cnc2ccc(Br)cc2c1=O)c1nc2ccccc2[nH]1. The lowest BCUT2D eigenvalue weighted by Gasteiger charge is -2.20. The molecule has 0 saturated heterocycles. The molecule has 1 amide bonds. The van der Waals surface area contributed by atoms with Crippen LogP contribution >= 0.6 is 15.9 Å². The average molecular weight is 454 g/mol.